The lowest BCUT2D eigenvalue weighted by Gasteiger charge is -2.35. The Morgan fingerprint density at radius 1 is 0.933 bits per heavy atom. The molecule has 1 aliphatic heterocycles. The molecule has 30 heavy (non-hydrogen) atoms. The summed E-state index contributed by atoms with van der Waals surface area (Å²) in [6.07, 6.45) is 9.12. The van der Waals surface area contributed by atoms with E-state index in [0.717, 1.165) is 51.6 Å². The number of aromatic nitrogens is 3. The van der Waals surface area contributed by atoms with Gasteiger partial charge in [-0.05, 0) is 56.1 Å². The Morgan fingerprint density at radius 2 is 1.63 bits per heavy atom. The first-order valence-corrected chi connectivity index (χ1v) is 11.1. The summed E-state index contributed by atoms with van der Waals surface area (Å²) in [6.45, 7) is 1.59. The Kier molecular flexibility index (Phi) is 6.91. The van der Waals surface area contributed by atoms with E-state index < -0.39 is 0 Å². The molecule has 1 amide bonds. The fourth-order valence-corrected chi connectivity index (χ4v) is 4.29. The third kappa shape index (κ3) is 5.35. The topological polar surface area (TPSA) is 51.0 Å². The lowest BCUT2D eigenvalue weighted by atomic mass is 9.95. The molecule has 1 fully saturated rings. The van der Waals surface area contributed by atoms with Crippen molar-refractivity contribution in [2.24, 2.45) is 0 Å². The van der Waals surface area contributed by atoms with Gasteiger partial charge in [0.05, 0.1) is 6.20 Å². The Balaban J connectivity index is 1.33. The van der Waals surface area contributed by atoms with Gasteiger partial charge in [-0.25, -0.2) is 0 Å². The van der Waals surface area contributed by atoms with E-state index in [1.165, 1.54) is 17.5 Å². The van der Waals surface area contributed by atoms with Crippen LogP contribution in [0.25, 0.3) is 0 Å². The molecule has 3 aromatic rings. The number of aryl methyl sites for hydroxylation is 3. The van der Waals surface area contributed by atoms with Gasteiger partial charge in [0.1, 0.15) is 0 Å². The Hall–Kier alpha value is -2.95. The maximum Gasteiger partial charge on any atom is 0.276 e. The van der Waals surface area contributed by atoms with Crippen LogP contribution in [-0.2, 0) is 19.4 Å². The highest BCUT2D eigenvalue weighted by atomic mass is 16.2. The molecule has 4 rings (SSSR count). The van der Waals surface area contributed by atoms with E-state index in [1.807, 2.05) is 23.2 Å². The minimum atomic E-state index is 0.0297. The zero-order chi connectivity index (χ0) is 20.6. The van der Waals surface area contributed by atoms with Crippen molar-refractivity contribution in [3.05, 3.63) is 83.7 Å². The number of piperidine rings is 1. The molecule has 0 bridgehead atoms. The molecular formula is C25H30N4O. The van der Waals surface area contributed by atoms with Gasteiger partial charge in [-0.15, -0.1) is 5.10 Å². The van der Waals surface area contributed by atoms with E-state index in [-0.39, 0.29) is 11.9 Å². The first-order chi connectivity index (χ1) is 14.8. The lowest BCUT2D eigenvalue weighted by Crippen LogP contribution is -2.44. The van der Waals surface area contributed by atoms with Crippen LogP contribution in [0.15, 0.2) is 66.9 Å². The van der Waals surface area contributed by atoms with E-state index >= 15 is 0 Å². The van der Waals surface area contributed by atoms with Crippen molar-refractivity contribution in [3.63, 3.8) is 0 Å². The summed E-state index contributed by atoms with van der Waals surface area (Å²) in [5, 5.41) is 8.39. The fourth-order valence-electron chi connectivity index (χ4n) is 4.29. The summed E-state index contributed by atoms with van der Waals surface area (Å²) in [4.78, 5) is 15.2. The summed E-state index contributed by atoms with van der Waals surface area (Å²) in [5.41, 5.74) is 3.13. The van der Waals surface area contributed by atoms with Crippen molar-refractivity contribution in [3.8, 4) is 0 Å². The van der Waals surface area contributed by atoms with Gasteiger partial charge < -0.3 is 4.90 Å². The third-order valence-corrected chi connectivity index (χ3v) is 5.95. The van der Waals surface area contributed by atoms with Crippen LogP contribution in [0.5, 0.6) is 0 Å². The minimum Gasteiger partial charge on any atom is -0.334 e. The number of carbonyl (C=O) groups excluding carboxylic acids is 1. The summed E-state index contributed by atoms with van der Waals surface area (Å²) < 4.78 is 1.80. The van der Waals surface area contributed by atoms with Crippen LogP contribution in [0.2, 0.25) is 0 Å². The molecule has 5 nitrogen and oxygen atoms in total. The number of carbonyl (C=O) groups is 1. The van der Waals surface area contributed by atoms with Crippen LogP contribution in [0.1, 0.15) is 53.7 Å². The largest absolute Gasteiger partial charge is 0.334 e. The second kappa shape index (κ2) is 10.2. The predicted molar refractivity (Wildman–Crippen MR) is 118 cm³/mol. The highest BCUT2D eigenvalue weighted by Gasteiger charge is 2.28. The molecule has 0 unspecified atom stereocenters. The maximum atomic E-state index is 13.1. The first kappa shape index (κ1) is 20.3. The molecule has 2 heterocycles. The fraction of sp³-hybridized carbons (Fsp3) is 0.400. The summed E-state index contributed by atoms with van der Waals surface area (Å²) in [5.74, 6) is 0.0297. The van der Waals surface area contributed by atoms with Crippen molar-refractivity contribution in [2.45, 2.75) is 57.5 Å². The molecular weight excluding hydrogens is 372 g/mol. The van der Waals surface area contributed by atoms with Gasteiger partial charge in [0.15, 0.2) is 5.69 Å². The molecule has 5 heteroatoms. The molecule has 0 N–H and O–H groups in total. The molecule has 0 spiro atoms. The van der Waals surface area contributed by atoms with Crippen LogP contribution in [0.3, 0.4) is 0 Å². The lowest BCUT2D eigenvalue weighted by molar-refractivity contribution is 0.0595. The third-order valence-electron chi connectivity index (χ3n) is 5.95. The molecule has 156 valence electrons. The van der Waals surface area contributed by atoms with E-state index in [0.29, 0.717) is 5.69 Å². The van der Waals surface area contributed by atoms with Crippen molar-refractivity contribution >= 4 is 5.91 Å². The van der Waals surface area contributed by atoms with Crippen molar-refractivity contribution in [2.75, 3.05) is 6.54 Å². The summed E-state index contributed by atoms with van der Waals surface area (Å²) in [7, 11) is 0. The first-order valence-electron chi connectivity index (χ1n) is 11.1. The van der Waals surface area contributed by atoms with Gasteiger partial charge in [-0.1, -0.05) is 65.9 Å². The standard InChI is InChI=1S/C25H30N4O/c30-25(24-20-28(27-26-24)18-9-14-21-10-3-1-4-11-21)29-19-8-7-15-23(29)17-16-22-12-5-2-6-13-22/h1-6,10-13,20,23H,7-9,14-19H2/t23-/m0/s1. The zero-order valence-corrected chi connectivity index (χ0v) is 17.5. The van der Waals surface area contributed by atoms with Crippen LogP contribution in [0.4, 0.5) is 0 Å². The SMILES string of the molecule is O=C(c1cn(CCCc2ccccc2)nn1)N1CCCC[C@H]1CCc1ccccc1. The van der Waals surface area contributed by atoms with Gasteiger partial charge in [0, 0.05) is 19.1 Å². The normalized spacial score (nSPS) is 16.5. The Bertz CT molecular complexity index is 923. The molecule has 1 saturated heterocycles. The van der Waals surface area contributed by atoms with Gasteiger partial charge >= 0.3 is 0 Å². The smallest absolute Gasteiger partial charge is 0.276 e. The number of hydrogen-bond acceptors (Lipinski definition) is 3. The van der Waals surface area contributed by atoms with Crippen LogP contribution >= 0.6 is 0 Å². The van der Waals surface area contributed by atoms with Gasteiger partial charge in [-0.3, -0.25) is 9.48 Å². The van der Waals surface area contributed by atoms with E-state index in [1.54, 1.807) is 4.68 Å². The Morgan fingerprint density at radius 3 is 2.37 bits per heavy atom. The number of nitrogens with zero attached hydrogens (tertiary/aromatic N) is 4. The van der Waals surface area contributed by atoms with Crippen molar-refractivity contribution in [1.29, 1.82) is 0 Å². The highest BCUT2D eigenvalue weighted by molar-refractivity contribution is 5.92. The zero-order valence-electron chi connectivity index (χ0n) is 17.5. The average Bonchev–Trinajstić information content (AvgIpc) is 3.28. The van der Waals surface area contributed by atoms with E-state index in [2.05, 4.69) is 58.8 Å². The molecule has 1 aromatic heterocycles. The second-order valence-corrected chi connectivity index (χ2v) is 8.13. The number of benzene rings is 2. The van der Waals surface area contributed by atoms with Crippen molar-refractivity contribution < 1.29 is 4.79 Å². The summed E-state index contributed by atoms with van der Waals surface area (Å²) in [6, 6.07) is 21.3. The van der Waals surface area contributed by atoms with Gasteiger partial charge in [0.2, 0.25) is 0 Å². The van der Waals surface area contributed by atoms with Crippen molar-refractivity contribution in [1.82, 2.24) is 19.9 Å². The number of rotatable bonds is 8. The molecule has 0 saturated carbocycles. The van der Waals surface area contributed by atoms with Crippen LogP contribution in [0, 0.1) is 0 Å². The molecule has 2 aromatic carbocycles. The van der Waals surface area contributed by atoms with E-state index in [4.69, 9.17) is 0 Å². The minimum absolute atomic E-state index is 0.0297. The molecule has 1 aliphatic rings. The van der Waals surface area contributed by atoms with Crippen LogP contribution < -0.4 is 0 Å². The predicted octanol–water partition coefficient (Wildman–Crippen LogP) is 4.54. The summed E-state index contributed by atoms with van der Waals surface area (Å²) >= 11 is 0. The Labute approximate surface area is 178 Å². The van der Waals surface area contributed by atoms with Gasteiger partial charge in [0.25, 0.3) is 5.91 Å². The highest BCUT2D eigenvalue weighted by Crippen LogP contribution is 2.23. The second-order valence-electron chi connectivity index (χ2n) is 8.13. The van der Waals surface area contributed by atoms with E-state index in [9.17, 15) is 4.79 Å². The number of amides is 1. The molecule has 0 radical (unpaired) electrons. The van der Waals surface area contributed by atoms with Crippen LogP contribution in [-0.4, -0.2) is 38.4 Å². The average molecular weight is 403 g/mol. The number of likely N-dealkylation sites (tertiary alicyclic amines) is 1. The van der Waals surface area contributed by atoms with Gasteiger partial charge in [-0.2, -0.15) is 0 Å². The molecule has 1 atom stereocenters. The maximum absolute atomic E-state index is 13.1. The quantitative estimate of drug-likeness (QED) is 0.556. The number of hydrogen-bond donors (Lipinski definition) is 0. The monoisotopic (exact) mass is 402 g/mol. The molecule has 0 aliphatic carbocycles.